The van der Waals surface area contributed by atoms with Crippen LogP contribution in [0.5, 0.6) is 28.7 Å². The van der Waals surface area contributed by atoms with E-state index in [0.29, 0.717) is 34.3 Å². The summed E-state index contributed by atoms with van der Waals surface area (Å²) in [6, 6.07) is 7.25. The second-order valence-corrected chi connectivity index (χ2v) is 8.40. The quantitative estimate of drug-likeness (QED) is 0.446. The molecule has 1 saturated heterocycles. The molecule has 0 amide bonds. The van der Waals surface area contributed by atoms with Crippen molar-refractivity contribution in [1.29, 1.82) is 0 Å². The van der Waals surface area contributed by atoms with Gasteiger partial charge in [0.2, 0.25) is 12.5 Å². The Bertz CT molecular complexity index is 1120. The van der Waals surface area contributed by atoms with E-state index in [1.54, 1.807) is 6.07 Å². The molecule has 2 aromatic rings. The van der Waals surface area contributed by atoms with E-state index < -0.39 is 29.8 Å². The number of hydrogen-bond acceptors (Lipinski definition) is 9. The normalized spacial score (nSPS) is 24.1. The summed E-state index contributed by atoms with van der Waals surface area (Å²) < 4.78 is 39.0. The molecule has 34 heavy (non-hydrogen) atoms. The molecule has 10 heteroatoms. The maximum absolute atomic E-state index is 13.0. The van der Waals surface area contributed by atoms with Gasteiger partial charge in [-0.15, -0.1) is 11.6 Å². The van der Waals surface area contributed by atoms with Gasteiger partial charge in [0.1, 0.15) is 12.0 Å². The van der Waals surface area contributed by atoms with E-state index in [1.807, 2.05) is 18.2 Å². The molecule has 180 valence electrons. The van der Waals surface area contributed by atoms with Crippen molar-refractivity contribution in [3.05, 3.63) is 41.0 Å². The summed E-state index contributed by atoms with van der Waals surface area (Å²) in [5, 5.41) is 0. The van der Waals surface area contributed by atoms with Crippen LogP contribution in [-0.4, -0.2) is 52.5 Å². The molecule has 0 unspecified atom stereocenters. The zero-order valence-corrected chi connectivity index (χ0v) is 19.5. The zero-order chi connectivity index (χ0) is 24.0. The van der Waals surface area contributed by atoms with E-state index in [0.717, 1.165) is 11.1 Å². The van der Waals surface area contributed by atoms with Crippen molar-refractivity contribution in [2.45, 2.75) is 12.0 Å². The second-order valence-electron chi connectivity index (χ2n) is 8.13. The van der Waals surface area contributed by atoms with Crippen molar-refractivity contribution in [1.82, 2.24) is 0 Å². The molecule has 9 nitrogen and oxygen atoms in total. The lowest BCUT2D eigenvalue weighted by molar-refractivity contribution is -0.151. The zero-order valence-electron chi connectivity index (χ0n) is 18.8. The first kappa shape index (κ1) is 22.5. The van der Waals surface area contributed by atoms with Gasteiger partial charge >= 0.3 is 11.9 Å². The van der Waals surface area contributed by atoms with Gasteiger partial charge in [0.05, 0.1) is 33.9 Å². The second kappa shape index (κ2) is 8.79. The van der Waals surface area contributed by atoms with Crippen LogP contribution < -0.4 is 23.7 Å². The summed E-state index contributed by atoms with van der Waals surface area (Å²) in [4.78, 5) is 25.2. The van der Waals surface area contributed by atoms with Crippen molar-refractivity contribution < 1.29 is 42.7 Å². The molecule has 0 saturated carbocycles. The first-order valence-corrected chi connectivity index (χ1v) is 11.2. The highest BCUT2D eigenvalue weighted by molar-refractivity contribution is 6.26. The minimum absolute atomic E-state index is 0.0775. The monoisotopic (exact) mass is 490 g/mol. The number of ether oxygens (including phenoxy) is 7. The number of hydrogen-bond donors (Lipinski definition) is 0. The topological polar surface area (TPSA) is 98.8 Å². The highest BCUT2D eigenvalue weighted by atomic mass is 35.5. The molecular weight excluding hydrogens is 468 g/mol. The van der Waals surface area contributed by atoms with Crippen LogP contribution >= 0.6 is 11.6 Å². The van der Waals surface area contributed by atoms with Gasteiger partial charge in [-0.05, 0) is 35.4 Å². The largest absolute Gasteiger partial charge is 0.493 e. The highest BCUT2D eigenvalue weighted by Crippen LogP contribution is 2.56. The number of carbonyl (C=O) groups is 2. The van der Waals surface area contributed by atoms with Gasteiger partial charge in [-0.25, -0.2) is 0 Å². The molecule has 2 heterocycles. The van der Waals surface area contributed by atoms with Crippen molar-refractivity contribution in [3.63, 3.8) is 0 Å². The van der Waals surface area contributed by atoms with Gasteiger partial charge in [0.15, 0.2) is 23.0 Å². The van der Waals surface area contributed by atoms with Crippen LogP contribution in [-0.2, 0) is 19.1 Å². The van der Waals surface area contributed by atoms with Gasteiger partial charge < -0.3 is 33.2 Å². The van der Waals surface area contributed by atoms with E-state index in [2.05, 4.69) is 0 Å². The van der Waals surface area contributed by atoms with Crippen molar-refractivity contribution in [3.8, 4) is 28.7 Å². The van der Waals surface area contributed by atoms with Crippen LogP contribution in [0.4, 0.5) is 0 Å². The number of fused-ring (bicyclic) bond motifs is 3. The number of esters is 2. The summed E-state index contributed by atoms with van der Waals surface area (Å²) in [6.45, 7) is 0.187. The first-order chi connectivity index (χ1) is 16.5. The van der Waals surface area contributed by atoms with Gasteiger partial charge in [-0.1, -0.05) is 0 Å². The average molecular weight is 491 g/mol. The van der Waals surface area contributed by atoms with Crippen molar-refractivity contribution in [2.24, 2.45) is 11.8 Å². The summed E-state index contributed by atoms with van der Waals surface area (Å²) in [7, 11) is 4.58. The Morgan fingerprint density at radius 2 is 1.62 bits per heavy atom. The minimum Gasteiger partial charge on any atom is -0.493 e. The first-order valence-electron chi connectivity index (χ1n) is 10.7. The van der Waals surface area contributed by atoms with Crippen LogP contribution in [0.2, 0.25) is 0 Å². The molecule has 0 bridgehead atoms. The number of halogens is 1. The lowest BCUT2D eigenvalue weighted by Crippen LogP contribution is -2.36. The Balaban J connectivity index is 1.73. The lowest BCUT2D eigenvalue weighted by atomic mass is 9.66. The van der Waals surface area contributed by atoms with E-state index >= 15 is 0 Å². The molecule has 5 rings (SSSR count). The van der Waals surface area contributed by atoms with E-state index in [1.165, 1.54) is 21.3 Å². The number of methoxy groups -OCH3 is 3. The van der Waals surface area contributed by atoms with Gasteiger partial charge in [-0.3, -0.25) is 9.59 Å². The fourth-order valence-electron chi connectivity index (χ4n) is 5.12. The number of rotatable bonds is 6. The Hall–Kier alpha value is -3.33. The Labute approximate surface area is 200 Å². The number of carbonyl (C=O) groups excluding carboxylic acids is 2. The summed E-state index contributed by atoms with van der Waals surface area (Å²) in [5.41, 5.74) is 2.22. The van der Waals surface area contributed by atoms with Crippen LogP contribution in [0.25, 0.3) is 0 Å². The fourth-order valence-corrected chi connectivity index (χ4v) is 5.18. The molecule has 0 N–H and O–H groups in total. The van der Waals surface area contributed by atoms with Crippen molar-refractivity contribution in [2.75, 3.05) is 40.6 Å². The molecule has 1 aliphatic carbocycles. The molecule has 0 spiro atoms. The molecule has 2 aromatic carbocycles. The molecule has 0 aromatic heterocycles. The van der Waals surface area contributed by atoms with E-state index in [9.17, 15) is 9.59 Å². The van der Waals surface area contributed by atoms with Gasteiger partial charge in [-0.2, -0.15) is 0 Å². The minimum atomic E-state index is -0.731. The Kier molecular flexibility index (Phi) is 5.81. The molecule has 2 aliphatic heterocycles. The third kappa shape index (κ3) is 3.46. The van der Waals surface area contributed by atoms with E-state index in [4.69, 9.17) is 44.8 Å². The fraction of sp³-hybridized carbons (Fsp3) is 0.417. The standard InChI is InChI=1S/C24H23ClO9/c1-28-17-4-11(5-18(29-2)23(17)30-3)20-12-6-15-16(33-10-32-15)7-13(12)22(34-19(26)8-25)14-9-31-24(27)21(14)20/h4-7,14,20-22H,8-10H2,1-3H3/t14-,20+,21-,22-/m0/s1. The summed E-state index contributed by atoms with van der Waals surface area (Å²) in [6.07, 6.45) is -0.731. The SMILES string of the molecule is COc1cc([C@@H]2c3cc4c(cc3[C@H](OC(=O)CCl)[C@H]3COC(=O)[C@H]23)OCO4)cc(OC)c1OC. The molecular formula is C24H23ClO9. The number of benzene rings is 2. The maximum atomic E-state index is 13.0. The van der Waals surface area contributed by atoms with Gasteiger partial charge in [0.25, 0.3) is 0 Å². The summed E-state index contributed by atoms with van der Waals surface area (Å²) >= 11 is 5.73. The predicted molar refractivity (Wildman–Crippen MR) is 118 cm³/mol. The van der Waals surface area contributed by atoms with E-state index in [-0.39, 0.29) is 25.2 Å². The van der Waals surface area contributed by atoms with Gasteiger partial charge in [0, 0.05) is 17.4 Å². The average Bonchev–Trinajstić information content (AvgIpc) is 3.48. The maximum Gasteiger partial charge on any atom is 0.321 e. The highest BCUT2D eigenvalue weighted by Gasteiger charge is 2.54. The molecule has 3 aliphatic rings. The van der Waals surface area contributed by atoms with Crippen LogP contribution in [0.1, 0.15) is 28.7 Å². The number of cyclic esters (lactones) is 1. The third-order valence-electron chi connectivity index (χ3n) is 6.53. The summed E-state index contributed by atoms with van der Waals surface area (Å²) in [5.74, 6) is -0.325. The lowest BCUT2D eigenvalue weighted by Gasteiger charge is -2.38. The Morgan fingerprint density at radius 3 is 2.21 bits per heavy atom. The Morgan fingerprint density at radius 1 is 0.971 bits per heavy atom. The predicted octanol–water partition coefficient (Wildman–Crippen LogP) is 3.20. The van der Waals surface area contributed by atoms with Crippen LogP contribution in [0.15, 0.2) is 24.3 Å². The molecule has 0 radical (unpaired) electrons. The van der Waals surface area contributed by atoms with Crippen molar-refractivity contribution >= 4 is 23.5 Å². The molecule has 4 atom stereocenters. The smallest absolute Gasteiger partial charge is 0.321 e. The third-order valence-corrected chi connectivity index (χ3v) is 6.75. The number of alkyl halides is 1. The van der Waals surface area contributed by atoms with Crippen LogP contribution in [0.3, 0.4) is 0 Å². The molecule has 1 fully saturated rings. The van der Waals surface area contributed by atoms with Crippen LogP contribution in [0, 0.1) is 11.8 Å².